The third-order valence-electron chi connectivity index (χ3n) is 2.01. The van der Waals surface area contributed by atoms with Crippen LogP contribution in [0, 0.1) is 5.92 Å². The molecule has 0 aromatic heterocycles. The lowest BCUT2D eigenvalue weighted by Crippen LogP contribution is -2.16. The van der Waals surface area contributed by atoms with Gasteiger partial charge in [-0.25, -0.2) is 0 Å². The first-order valence-corrected chi connectivity index (χ1v) is 3.65. The van der Waals surface area contributed by atoms with E-state index in [2.05, 4.69) is 5.32 Å². The maximum absolute atomic E-state index is 9.10. The van der Waals surface area contributed by atoms with Crippen LogP contribution in [0.15, 0.2) is 0 Å². The SMILES string of the molecule is CNC[C@H]1CC[C@@H](O)C1. The molecule has 9 heavy (non-hydrogen) atoms. The number of hydrogen-bond donors (Lipinski definition) is 2. The fourth-order valence-electron chi connectivity index (χ4n) is 1.52. The predicted molar refractivity (Wildman–Crippen MR) is 37.3 cm³/mol. The second kappa shape index (κ2) is 3.18. The highest BCUT2D eigenvalue weighted by Crippen LogP contribution is 2.24. The molecular weight excluding hydrogens is 114 g/mol. The third kappa shape index (κ3) is 1.95. The van der Waals surface area contributed by atoms with E-state index in [-0.39, 0.29) is 6.10 Å². The molecule has 0 saturated heterocycles. The van der Waals surface area contributed by atoms with Gasteiger partial charge in [0, 0.05) is 0 Å². The zero-order valence-electron chi connectivity index (χ0n) is 5.93. The Balaban J connectivity index is 2.14. The summed E-state index contributed by atoms with van der Waals surface area (Å²) in [6.45, 7) is 1.07. The van der Waals surface area contributed by atoms with E-state index in [1.807, 2.05) is 7.05 Å². The monoisotopic (exact) mass is 129 g/mol. The Labute approximate surface area is 56.3 Å². The summed E-state index contributed by atoms with van der Waals surface area (Å²) in [6.07, 6.45) is 3.19. The Hall–Kier alpha value is -0.0800. The van der Waals surface area contributed by atoms with Crippen molar-refractivity contribution in [2.75, 3.05) is 13.6 Å². The minimum Gasteiger partial charge on any atom is -0.393 e. The molecule has 0 bridgehead atoms. The van der Waals surface area contributed by atoms with E-state index < -0.39 is 0 Å². The average Bonchev–Trinajstić information content (AvgIpc) is 2.17. The Bertz CT molecular complexity index is 83.0. The molecule has 0 spiro atoms. The molecule has 1 fully saturated rings. The molecule has 0 aromatic carbocycles. The molecule has 2 nitrogen and oxygen atoms in total. The maximum Gasteiger partial charge on any atom is 0.0543 e. The summed E-state index contributed by atoms with van der Waals surface area (Å²) in [5.41, 5.74) is 0. The van der Waals surface area contributed by atoms with Gasteiger partial charge in [-0.05, 0) is 38.8 Å². The molecule has 1 rings (SSSR count). The van der Waals surface area contributed by atoms with Gasteiger partial charge in [0.25, 0.3) is 0 Å². The fraction of sp³-hybridized carbons (Fsp3) is 1.00. The van der Waals surface area contributed by atoms with Gasteiger partial charge in [0.1, 0.15) is 0 Å². The standard InChI is InChI=1S/C7H15NO/c1-8-5-6-2-3-7(9)4-6/h6-9H,2-5H2,1H3/t6-,7+/m0/s1. The lowest BCUT2D eigenvalue weighted by Gasteiger charge is -2.05. The van der Waals surface area contributed by atoms with Crippen molar-refractivity contribution in [2.24, 2.45) is 5.92 Å². The molecule has 54 valence electrons. The fourth-order valence-corrected chi connectivity index (χ4v) is 1.52. The van der Waals surface area contributed by atoms with Gasteiger partial charge in [0.2, 0.25) is 0 Å². The maximum atomic E-state index is 9.10. The molecule has 1 aliphatic carbocycles. The number of rotatable bonds is 2. The molecule has 0 aliphatic heterocycles. The van der Waals surface area contributed by atoms with Crippen molar-refractivity contribution < 1.29 is 5.11 Å². The highest BCUT2D eigenvalue weighted by atomic mass is 16.3. The first kappa shape index (κ1) is 7.03. The summed E-state index contributed by atoms with van der Waals surface area (Å²) in [7, 11) is 1.96. The van der Waals surface area contributed by atoms with E-state index >= 15 is 0 Å². The van der Waals surface area contributed by atoms with Crippen molar-refractivity contribution in [3.05, 3.63) is 0 Å². The Morgan fingerprint density at radius 3 is 2.78 bits per heavy atom. The van der Waals surface area contributed by atoms with Crippen molar-refractivity contribution in [1.82, 2.24) is 5.32 Å². The van der Waals surface area contributed by atoms with Crippen LogP contribution in [0.5, 0.6) is 0 Å². The number of aliphatic hydroxyl groups excluding tert-OH is 1. The van der Waals surface area contributed by atoms with Crippen molar-refractivity contribution in [2.45, 2.75) is 25.4 Å². The van der Waals surface area contributed by atoms with E-state index in [9.17, 15) is 0 Å². The number of nitrogens with one attached hydrogen (secondary N) is 1. The van der Waals surface area contributed by atoms with Gasteiger partial charge >= 0.3 is 0 Å². The van der Waals surface area contributed by atoms with E-state index in [1.165, 1.54) is 6.42 Å². The second-order valence-electron chi connectivity index (χ2n) is 2.89. The van der Waals surface area contributed by atoms with Gasteiger partial charge in [-0.3, -0.25) is 0 Å². The Morgan fingerprint density at radius 2 is 2.33 bits per heavy atom. The zero-order valence-corrected chi connectivity index (χ0v) is 5.93. The molecule has 1 aliphatic rings. The smallest absolute Gasteiger partial charge is 0.0543 e. The van der Waals surface area contributed by atoms with Crippen molar-refractivity contribution in [3.8, 4) is 0 Å². The van der Waals surface area contributed by atoms with Crippen LogP contribution in [0.2, 0.25) is 0 Å². The van der Waals surface area contributed by atoms with Crippen LogP contribution < -0.4 is 5.32 Å². The lowest BCUT2D eigenvalue weighted by molar-refractivity contribution is 0.177. The van der Waals surface area contributed by atoms with Crippen molar-refractivity contribution in [3.63, 3.8) is 0 Å². The molecule has 2 atom stereocenters. The van der Waals surface area contributed by atoms with Crippen LogP contribution >= 0.6 is 0 Å². The van der Waals surface area contributed by atoms with Crippen LogP contribution in [-0.4, -0.2) is 24.8 Å². The van der Waals surface area contributed by atoms with Gasteiger partial charge in [-0.2, -0.15) is 0 Å². The number of hydrogen-bond acceptors (Lipinski definition) is 2. The van der Waals surface area contributed by atoms with E-state index in [1.54, 1.807) is 0 Å². The summed E-state index contributed by atoms with van der Waals surface area (Å²) in [5.74, 6) is 0.727. The van der Waals surface area contributed by atoms with Crippen LogP contribution in [0.4, 0.5) is 0 Å². The minimum atomic E-state index is -0.0108. The highest BCUT2D eigenvalue weighted by Gasteiger charge is 2.21. The van der Waals surface area contributed by atoms with Crippen LogP contribution in [0.25, 0.3) is 0 Å². The summed E-state index contributed by atoms with van der Waals surface area (Å²) in [6, 6.07) is 0. The summed E-state index contributed by atoms with van der Waals surface area (Å²) in [5, 5.41) is 12.2. The largest absolute Gasteiger partial charge is 0.393 e. The molecule has 0 amide bonds. The summed E-state index contributed by atoms with van der Waals surface area (Å²) >= 11 is 0. The van der Waals surface area contributed by atoms with E-state index in [0.29, 0.717) is 0 Å². The lowest BCUT2D eigenvalue weighted by atomic mass is 10.1. The first-order chi connectivity index (χ1) is 4.33. The Morgan fingerprint density at radius 1 is 1.56 bits per heavy atom. The quantitative estimate of drug-likeness (QED) is 0.564. The van der Waals surface area contributed by atoms with Crippen molar-refractivity contribution >= 4 is 0 Å². The zero-order chi connectivity index (χ0) is 6.69. The molecule has 1 saturated carbocycles. The first-order valence-electron chi connectivity index (χ1n) is 3.65. The van der Waals surface area contributed by atoms with E-state index in [4.69, 9.17) is 5.11 Å². The number of aliphatic hydroxyl groups is 1. The third-order valence-corrected chi connectivity index (χ3v) is 2.01. The van der Waals surface area contributed by atoms with Crippen molar-refractivity contribution in [1.29, 1.82) is 0 Å². The molecule has 0 unspecified atom stereocenters. The highest BCUT2D eigenvalue weighted by molar-refractivity contribution is 4.75. The van der Waals surface area contributed by atoms with Crippen LogP contribution in [0.3, 0.4) is 0 Å². The molecular formula is C7H15NO. The second-order valence-corrected chi connectivity index (χ2v) is 2.89. The minimum absolute atomic E-state index is 0.0108. The summed E-state index contributed by atoms with van der Waals surface area (Å²) < 4.78 is 0. The van der Waals surface area contributed by atoms with Gasteiger partial charge in [-0.15, -0.1) is 0 Å². The topological polar surface area (TPSA) is 32.3 Å². The normalized spacial score (nSPS) is 35.3. The molecule has 0 radical (unpaired) electrons. The van der Waals surface area contributed by atoms with Gasteiger partial charge in [-0.1, -0.05) is 0 Å². The van der Waals surface area contributed by atoms with Gasteiger partial charge in [0.15, 0.2) is 0 Å². The van der Waals surface area contributed by atoms with Gasteiger partial charge < -0.3 is 10.4 Å². The summed E-state index contributed by atoms with van der Waals surface area (Å²) in [4.78, 5) is 0. The predicted octanol–water partition coefficient (Wildman–Crippen LogP) is 0.367. The average molecular weight is 129 g/mol. The molecule has 2 heteroatoms. The van der Waals surface area contributed by atoms with E-state index in [0.717, 1.165) is 25.3 Å². The molecule has 0 heterocycles. The molecule has 0 aromatic rings. The van der Waals surface area contributed by atoms with Crippen LogP contribution in [0.1, 0.15) is 19.3 Å². The molecule has 2 N–H and O–H groups in total. The Kier molecular flexibility index (Phi) is 2.49. The van der Waals surface area contributed by atoms with Gasteiger partial charge in [0.05, 0.1) is 6.10 Å². The van der Waals surface area contributed by atoms with Crippen LogP contribution in [-0.2, 0) is 0 Å².